The third-order valence-electron chi connectivity index (χ3n) is 3.72. The topological polar surface area (TPSA) is 25.8 Å². The second-order valence-corrected chi connectivity index (χ2v) is 5.36. The van der Waals surface area contributed by atoms with E-state index in [2.05, 4.69) is 49.2 Å². The standard InChI is InChI=1S/C19H18N2/c1-13-11-18-19(12-14(13)2)21-17(15(3)20-18)10-9-16-7-5-4-6-8-16/h4-12H,1-3H3/b10-9+. The van der Waals surface area contributed by atoms with Crippen molar-refractivity contribution < 1.29 is 0 Å². The first-order chi connectivity index (χ1) is 10.1. The molecule has 3 rings (SSSR count). The molecular weight excluding hydrogens is 256 g/mol. The molecule has 104 valence electrons. The van der Waals surface area contributed by atoms with Crippen molar-refractivity contribution in [2.75, 3.05) is 0 Å². The summed E-state index contributed by atoms with van der Waals surface area (Å²) in [6.07, 6.45) is 4.11. The third-order valence-corrected chi connectivity index (χ3v) is 3.72. The van der Waals surface area contributed by atoms with Crippen molar-refractivity contribution in [3.05, 3.63) is 70.5 Å². The number of hydrogen-bond acceptors (Lipinski definition) is 2. The van der Waals surface area contributed by atoms with Gasteiger partial charge >= 0.3 is 0 Å². The highest BCUT2D eigenvalue weighted by molar-refractivity contribution is 5.79. The van der Waals surface area contributed by atoms with Gasteiger partial charge in [0.2, 0.25) is 0 Å². The van der Waals surface area contributed by atoms with E-state index >= 15 is 0 Å². The first kappa shape index (κ1) is 13.5. The Labute approximate surface area is 125 Å². The Morgan fingerprint density at radius 1 is 0.762 bits per heavy atom. The molecule has 0 spiro atoms. The average molecular weight is 274 g/mol. The van der Waals surface area contributed by atoms with E-state index in [9.17, 15) is 0 Å². The highest BCUT2D eigenvalue weighted by Crippen LogP contribution is 2.19. The molecule has 0 fully saturated rings. The van der Waals surface area contributed by atoms with Crippen LogP contribution in [0.1, 0.15) is 28.1 Å². The lowest BCUT2D eigenvalue weighted by Crippen LogP contribution is -1.95. The summed E-state index contributed by atoms with van der Waals surface area (Å²) in [5.41, 5.74) is 7.47. The van der Waals surface area contributed by atoms with E-state index in [-0.39, 0.29) is 0 Å². The van der Waals surface area contributed by atoms with Crippen LogP contribution in [0.2, 0.25) is 0 Å². The van der Waals surface area contributed by atoms with E-state index in [4.69, 9.17) is 4.98 Å². The van der Waals surface area contributed by atoms with E-state index < -0.39 is 0 Å². The zero-order valence-corrected chi connectivity index (χ0v) is 12.6. The van der Waals surface area contributed by atoms with Gasteiger partial charge in [-0.05, 0) is 55.7 Å². The van der Waals surface area contributed by atoms with Gasteiger partial charge in [0.25, 0.3) is 0 Å². The van der Waals surface area contributed by atoms with Crippen LogP contribution in [0, 0.1) is 20.8 Å². The van der Waals surface area contributed by atoms with Gasteiger partial charge in [0, 0.05) is 0 Å². The molecule has 2 heteroatoms. The number of hydrogen-bond donors (Lipinski definition) is 0. The van der Waals surface area contributed by atoms with Crippen LogP contribution in [0.5, 0.6) is 0 Å². The number of fused-ring (bicyclic) bond motifs is 1. The van der Waals surface area contributed by atoms with Crippen LogP contribution in [0.25, 0.3) is 23.2 Å². The minimum atomic E-state index is 0.926. The maximum Gasteiger partial charge on any atom is 0.0897 e. The Morgan fingerprint density at radius 3 is 2.05 bits per heavy atom. The number of rotatable bonds is 2. The summed E-state index contributed by atoms with van der Waals surface area (Å²) in [7, 11) is 0. The highest BCUT2D eigenvalue weighted by atomic mass is 14.8. The average Bonchev–Trinajstić information content (AvgIpc) is 2.48. The summed E-state index contributed by atoms with van der Waals surface area (Å²) < 4.78 is 0. The van der Waals surface area contributed by atoms with Crippen molar-refractivity contribution in [2.24, 2.45) is 0 Å². The predicted molar refractivity (Wildman–Crippen MR) is 89.1 cm³/mol. The monoisotopic (exact) mass is 274 g/mol. The molecule has 0 aliphatic carbocycles. The lowest BCUT2D eigenvalue weighted by atomic mass is 10.1. The van der Waals surface area contributed by atoms with Crippen LogP contribution in [0.15, 0.2) is 42.5 Å². The maximum atomic E-state index is 4.74. The van der Waals surface area contributed by atoms with Crippen molar-refractivity contribution in [3.8, 4) is 0 Å². The lowest BCUT2D eigenvalue weighted by Gasteiger charge is -2.06. The first-order valence-electron chi connectivity index (χ1n) is 7.12. The second-order valence-electron chi connectivity index (χ2n) is 5.36. The van der Waals surface area contributed by atoms with Crippen LogP contribution in [0.4, 0.5) is 0 Å². The molecule has 0 aliphatic heterocycles. The number of aryl methyl sites for hydroxylation is 3. The Morgan fingerprint density at radius 2 is 1.38 bits per heavy atom. The van der Waals surface area contributed by atoms with Gasteiger partial charge in [-0.2, -0.15) is 0 Å². The van der Waals surface area contributed by atoms with Crippen LogP contribution < -0.4 is 0 Å². The first-order valence-corrected chi connectivity index (χ1v) is 7.12. The Bertz CT molecular complexity index is 818. The van der Waals surface area contributed by atoms with Gasteiger partial charge in [-0.3, -0.25) is 0 Å². The van der Waals surface area contributed by atoms with Gasteiger partial charge in [-0.25, -0.2) is 9.97 Å². The zero-order valence-electron chi connectivity index (χ0n) is 12.6. The van der Waals surface area contributed by atoms with Crippen molar-refractivity contribution in [2.45, 2.75) is 20.8 Å². The zero-order chi connectivity index (χ0) is 14.8. The summed E-state index contributed by atoms with van der Waals surface area (Å²) in [6.45, 7) is 6.22. The van der Waals surface area contributed by atoms with Crippen LogP contribution in [0.3, 0.4) is 0 Å². The summed E-state index contributed by atoms with van der Waals surface area (Å²) in [5.74, 6) is 0. The second kappa shape index (κ2) is 5.49. The minimum Gasteiger partial charge on any atom is -0.249 e. The van der Waals surface area contributed by atoms with Gasteiger partial charge in [0.15, 0.2) is 0 Å². The van der Waals surface area contributed by atoms with Crippen LogP contribution >= 0.6 is 0 Å². The molecular formula is C19H18N2. The van der Waals surface area contributed by atoms with E-state index in [1.54, 1.807) is 0 Å². The molecule has 0 bridgehead atoms. The molecule has 1 heterocycles. The quantitative estimate of drug-likeness (QED) is 0.675. The van der Waals surface area contributed by atoms with E-state index in [0.717, 1.165) is 22.4 Å². The summed E-state index contributed by atoms with van der Waals surface area (Å²) in [4.78, 5) is 9.42. The van der Waals surface area contributed by atoms with Gasteiger partial charge in [0.1, 0.15) is 0 Å². The van der Waals surface area contributed by atoms with Gasteiger partial charge < -0.3 is 0 Å². The van der Waals surface area contributed by atoms with Gasteiger partial charge in [0.05, 0.1) is 22.4 Å². The largest absolute Gasteiger partial charge is 0.249 e. The normalized spacial score (nSPS) is 11.4. The summed E-state index contributed by atoms with van der Waals surface area (Å²) >= 11 is 0. The molecule has 0 aliphatic rings. The highest BCUT2D eigenvalue weighted by Gasteiger charge is 2.04. The molecule has 0 N–H and O–H groups in total. The molecule has 0 saturated carbocycles. The lowest BCUT2D eigenvalue weighted by molar-refractivity contribution is 1.16. The fraction of sp³-hybridized carbons (Fsp3) is 0.158. The van der Waals surface area contributed by atoms with Crippen LogP contribution in [-0.2, 0) is 0 Å². The molecule has 21 heavy (non-hydrogen) atoms. The van der Waals surface area contributed by atoms with Crippen molar-refractivity contribution >= 4 is 23.2 Å². The maximum absolute atomic E-state index is 4.74. The molecule has 2 nitrogen and oxygen atoms in total. The molecule has 0 radical (unpaired) electrons. The molecule has 0 atom stereocenters. The fourth-order valence-corrected chi connectivity index (χ4v) is 2.31. The number of benzene rings is 2. The van der Waals surface area contributed by atoms with E-state index in [1.165, 1.54) is 16.7 Å². The van der Waals surface area contributed by atoms with E-state index in [0.29, 0.717) is 0 Å². The van der Waals surface area contributed by atoms with E-state index in [1.807, 2.05) is 31.2 Å². The SMILES string of the molecule is Cc1cc2nc(C)c(/C=C/c3ccccc3)nc2cc1C. The van der Waals surface area contributed by atoms with Gasteiger partial charge in [-0.15, -0.1) is 0 Å². The van der Waals surface area contributed by atoms with Gasteiger partial charge in [-0.1, -0.05) is 36.4 Å². The Kier molecular flexibility index (Phi) is 3.53. The Hall–Kier alpha value is -2.48. The van der Waals surface area contributed by atoms with Crippen molar-refractivity contribution in [1.29, 1.82) is 0 Å². The fourth-order valence-electron chi connectivity index (χ4n) is 2.31. The third kappa shape index (κ3) is 2.84. The molecule has 2 aromatic carbocycles. The molecule has 3 aromatic rings. The molecule has 1 aromatic heterocycles. The Balaban J connectivity index is 2.05. The molecule has 0 unspecified atom stereocenters. The smallest absolute Gasteiger partial charge is 0.0897 e. The molecule has 0 saturated heterocycles. The summed E-state index contributed by atoms with van der Waals surface area (Å²) in [5, 5.41) is 0. The molecule has 0 amide bonds. The number of nitrogens with zero attached hydrogens (tertiary/aromatic N) is 2. The summed E-state index contributed by atoms with van der Waals surface area (Å²) in [6, 6.07) is 14.5. The predicted octanol–water partition coefficient (Wildman–Crippen LogP) is 4.73. The van der Waals surface area contributed by atoms with Crippen molar-refractivity contribution in [3.63, 3.8) is 0 Å². The van der Waals surface area contributed by atoms with Crippen molar-refractivity contribution in [1.82, 2.24) is 9.97 Å². The van der Waals surface area contributed by atoms with Crippen LogP contribution in [-0.4, -0.2) is 9.97 Å². The minimum absolute atomic E-state index is 0.926. The number of aromatic nitrogens is 2.